The lowest BCUT2D eigenvalue weighted by Gasteiger charge is -2.38. The van der Waals surface area contributed by atoms with Gasteiger partial charge in [-0.3, -0.25) is 24.3 Å². The summed E-state index contributed by atoms with van der Waals surface area (Å²) in [7, 11) is 0. The second-order valence-electron chi connectivity index (χ2n) is 8.97. The molecule has 6 rings (SSSR count). The normalized spacial score (nSPS) is 22.4. The average Bonchev–Trinajstić information content (AvgIpc) is 3.36. The topological polar surface area (TPSA) is 47.1 Å². The van der Waals surface area contributed by atoms with Crippen LogP contribution in [0.4, 0.5) is 21.5 Å². The van der Waals surface area contributed by atoms with Crippen molar-refractivity contribution in [2.45, 2.75) is 4.87 Å². The molecule has 3 aliphatic rings. The molecule has 2 amide bonds. The first-order chi connectivity index (χ1) is 17.1. The molecule has 3 aromatic carbocycles. The fourth-order valence-electron chi connectivity index (χ4n) is 5.27. The van der Waals surface area contributed by atoms with E-state index in [1.54, 1.807) is 4.90 Å². The number of nitrogens with zero attached hydrogens (tertiary/aromatic N) is 4. The number of carbonyl (C=O) groups excluding carboxylic acids is 2. The number of anilines is 3. The molecule has 3 aliphatic heterocycles. The molecule has 0 N–H and O–H groups in total. The van der Waals surface area contributed by atoms with Crippen LogP contribution >= 0.6 is 11.8 Å². The third kappa shape index (κ3) is 3.59. The molecule has 1 atom stereocenters. The Morgan fingerprint density at radius 3 is 2.23 bits per heavy atom. The van der Waals surface area contributed by atoms with Crippen LogP contribution in [-0.2, 0) is 14.5 Å². The predicted molar refractivity (Wildman–Crippen MR) is 137 cm³/mol. The molecular weight excluding hydrogens is 463 g/mol. The molecule has 2 saturated heterocycles. The number of thioether (sulfide) groups is 1. The molecule has 0 bridgehead atoms. The number of hydrogen-bond donors (Lipinski definition) is 0. The Bertz CT molecular complexity index is 1260. The van der Waals surface area contributed by atoms with Gasteiger partial charge in [0.2, 0.25) is 10.8 Å². The molecule has 1 unspecified atom stereocenters. The number of halogens is 1. The highest BCUT2D eigenvalue weighted by Crippen LogP contribution is 2.55. The maximum atomic E-state index is 14.1. The summed E-state index contributed by atoms with van der Waals surface area (Å²) in [5.41, 5.74) is 3.48. The SMILES string of the molecule is O=C1CSC2(C(=O)N(CN3CCN(c4ccc(F)cc4)CC3)c3ccccc32)N1c1ccccc1. The minimum absolute atomic E-state index is 0.0564. The van der Waals surface area contributed by atoms with E-state index in [0.717, 1.165) is 48.8 Å². The van der Waals surface area contributed by atoms with Gasteiger partial charge < -0.3 is 4.90 Å². The van der Waals surface area contributed by atoms with E-state index in [2.05, 4.69) is 9.80 Å². The van der Waals surface area contributed by atoms with Gasteiger partial charge in [0.15, 0.2) is 0 Å². The molecule has 0 saturated carbocycles. The van der Waals surface area contributed by atoms with Crippen LogP contribution in [0.1, 0.15) is 5.56 Å². The van der Waals surface area contributed by atoms with E-state index >= 15 is 0 Å². The van der Waals surface area contributed by atoms with Gasteiger partial charge in [-0.1, -0.05) is 36.4 Å². The number of benzene rings is 3. The van der Waals surface area contributed by atoms with E-state index in [0.29, 0.717) is 6.67 Å². The highest BCUT2D eigenvalue weighted by atomic mass is 32.2. The van der Waals surface area contributed by atoms with Crippen molar-refractivity contribution in [2.24, 2.45) is 0 Å². The first kappa shape index (κ1) is 22.1. The lowest BCUT2D eigenvalue weighted by atomic mass is 10.0. The van der Waals surface area contributed by atoms with E-state index < -0.39 is 4.87 Å². The Labute approximate surface area is 207 Å². The van der Waals surface area contributed by atoms with Gasteiger partial charge in [0.1, 0.15) is 5.82 Å². The number of hydrogen-bond acceptors (Lipinski definition) is 5. The van der Waals surface area contributed by atoms with Crippen LogP contribution in [-0.4, -0.2) is 55.3 Å². The highest BCUT2D eigenvalue weighted by Gasteiger charge is 2.61. The molecule has 178 valence electrons. The number of rotatable bonds is 4. The largest absolute Gasteiger partial charge is 0.369 e. The Kier molecular flexibility index (Phi) is 5.50. The van der Waals surface area contributed by atoms with Gasteiger partial charge in [0.05, 0.1) is 18.1 Å². The molecule has 0 radical (unpaired) electrons. The van der Waals surface area contributed by atoms with Crippen molar-refractivity contribution in [2.75, 3.05) is 53.3 Å². The number of fused-ring (bicyclic) bond motifs is 2. The maximum absolute atomic E-state index is 14.1. The predicted octanol–water partition coefficient (Wildman–Crippen LogP) is 3.88. The molecular formula is C27H25FN4O2S. The van der Waals surface area contributed by atoms with Gasteiger partial charge >= 0.3 is 0 Å². The molecule has 0 aliphatic carbocycles. The smallest absolute Gasteiger partial charge is 0.269 e. The summed E-state index contributed by atoms with van der Waals surface area (Å²) < 4.78 is 13.3. The Morgan fingerprint density at radius 2 is 1.49 bits per heavy atom. The summed E-state index contributed by atoms with van der Waals surface area (Å²) in [6.45, 7) is 3.62. The van der Waals surface area contributed by atoms with E-state index in [1.807, 2.05) is 71.6 Å². The van der Waals surface area contributed by atoms with Crippen LogP contribution in [0.3, 0.4) is 0 Å². The van der Waals surface area contributed by atoms with E-state index in [4.69, 9.17) is 0 Å². The first-order valence-corrected chi connectivity index (χ1v) is 12.7. The Morgan fingerprint density at radius 1 is 0.800 bits per heavy atom. The highest BCUT2D eigenvalue weighted by molar-refractivity contribution is 8.02. The van der Waals surface area contributed by atoms with Gasteiger partial charge in [-0.2, -0.15) is 0 Å². The van der Waals surface area contributed by atoms with Crippen LogP contribution in [0.25, 0.3) is 0 Å². The summed E-state index contributed by atoms with van der Waals surface area (Å²) in [6, 6.07) is 23.9. The molecule has 1 spiro atoms. The summed E-state index contributed by atoms with van der Waals surface area (Å²) in [4.78, 5) is 34.2. The van der Waals surface area contributed by atoms with Crippen LogP contribution in [0, 0.1) is 5.82 Å². The van der Waals surface area contributed by atoms with Crippen molar-refractivity contribution in [1.82, 2.24) is 4.90 Å². The number of para-hydroxylation sites is 2. The second-order valence-corrected chi connectivity index (χ2v) is 10.1. The van der Waals surface area contributed by atoms with E-state index in [-0.39, 0.29) is 23.4 Å². The van der Waals surface area contributed by atoms with Crippen LogP contribution in [0.5, 0.6) is 0 Å². The molecule has 0 aromatic heterocycles. The van der Waals surface area contributed by atoms with Crippen molar-refractivity contribution in [3.8, 4) is 0 Å². The monoisotopic (exact) mass is 488 g/mol. The standard InChI is InChI=1S/C27H25FN4O2S/c28-20-10-12-21(13-11-20)30-16-14-29(15-17-30)19-31-24-9-5-4-8-23(24)27(26(31)34)32(25(33)18-35-27)22-6-2-1-3-7-22/h1-13H,14-19H2. The summed E-state index contributed by atoms with van der Waals surface area (Å²) in [6.07, 6.45) is 0. The third-order valence-electron chi connectivity index (χ3n) is 6.98. The van der Waals surface area contributed by atoms with Crippen molar-refractivity contribution in [3.63, 3.8) is 0 Å². The van der Waals surface area contributed by atoms with Gasteiger partial charge in [0.25, 0.3) is 5.91 Å². The first-order valence-electron chi connectivity index (χ1n) is 11.7. The molecule has 8 heteroatoms. The van der Waals surface area contributed by atoms with E-state index in [1.165, 1.54) is 23.9 Å². The molecule has 35 heavy (non-hydrogen) atoms. The Hall–Kier alpha value is -3.36. The zero-order valence-electron chi connectivity index (χ0n) is 19.1. The van der Waals surface area contributed by atoms with Gasteiger partial charge in [-0.15, -0.1) is 11.8 Å². The summed E-state index contributed by atoms with van der Waals surface area (Å²) >= 11 is 1.41. The maximum Gasteiger partial charge on any atom is 0.269 e. The lowest BCUT2D eigenvalue weighted by molar-refractivity contribution is -0.124. The van der Waals surface area contributed by atoms with Gasteiger partial charge in [-0.05, 0) is 42.5 Å². The lowest BCUT2D eigenvalue weighted by Crippen LogP contribution is -2.54. The fraction of sp³-hybridized carbons (Fsp3) is 0.259. The van der Waals surface area contributed by atoms with Crippen molar-refractivity contribution in [3.05, 3.63) is 90.2 Å². The minimum Gasteiger partial charge on any atom is -0.369 e. The quantitative estimate of drug-likeness (QED) is 0.558. The molecule has 2 fully saturated rings. The minimum atomic E-state index is -1.08. The van der Waals surface area contributed by atoms with E-state index in [9.17, 15) is 14.0 Å². The van der Waals surface area contributed by atoms with Crippen LogP contribution in [0.15, 0.2) is 78.9 Å². The fourth-order valence-corrected chi connectivity index (χ4v) is 6.63. The van der Waals surface area contributed by atoms with Crippen molar-refractivity contribution < 1.29 is 14.0 Å². The van der Waals surface area contributed by atoms with Crippen molar-refractivity contribution in [1.29, 1.82) is 0 Å². The van der Waals surface area contributed by atoms with Gasteiger partial charge in [0, 0.05) is 43.1 Å². The number of carbonyl (C=O) groups is 2. The van der Waals surface area contributed by atoms with Crippen LogP contribution < -0.4 is 14.7 Å². The molecule has 3 aromatic rings. The molecule has 3 heterocycles. The number of amides is 2. The van der Waals surface area contributed by atoms with Crippen molar-refractivity contribution >= 4 is 40.6 Å². The summed E-state index contributed by atoms with van der Waals surface area (Å²) in [5, 5.41) is 0. The zero-order valence-corrected chi connectivity index (χ0v) is 20.0. The molecule has 6 nitrogen and oxygen atoms in total. The summed E-state index contributed by atoms with van der Waals surface area (Å²) in [5.74, 6) is -0.0992. The van der Waals surface area contributed by atoms with Gasteiger partial charge in [-0.25, -0.2) is 4.39 Å². The Balaban J connectivity index is 1.26. The number of piperazine rings is 1. The van der Waals surface area contributed by atoms with Crippen LogP contribution in [0.2, 0.25) is 0 Å². The third-order valence-corrected chi connectivity index (χ3v) is 8.37. The zero-order chi connectivity index (χ0) is 24.0. The second kappa shape index (κ2) is 8.70. The average molecular weight is 489 g/mol.